The molecule has 0 saturated heterocycles. The van der Waals surface area contributed by atoms with Crippen molar-refractivity contribution < 1.29 is 0 Å². The van der Waals surface area contributed by atoms with Crippen LogP contribution in [0.1, 0.15) is 5.56 Å². The van der Waals surface area contributed by atoms with E-state index in [0.29, 0.717) is 28.6 Å². The molecule has 0 fully saturated rings. The van der Waals surface area contributed by atoms with Crippen molar-refractivity contribution in [3.05, 3.63) is 254 Å². The van der Waals surface area contributed by atoms with Crippen LogP contribution in [-0.4, -0.2) is 24.5 Å². The zero-order valence-corrected chi connectivity index (χ0v) is 38.1. The van der Waals surface area contributed by atoms with Crippen LogP contribution in [0.3, 0.4) is 0 Å². The predicted molar refractivity (Wildman–Crippen MR) is 286 cm³/mol. The first-order chi connectivity index (χ1) is 35.1. The van der Waals surface area contributed by atoms with Gasteiger partial charge in [-0.25, -0.2) is 24.8 Å². The second-order valence-corrected chi connectivity index (χ2v) is 17.2. The average molecular weight is 906 g/mol. The molecule has 71 heavy (non-hydrogen) atoms. The molecule has 0 radical (unpaired) electrons. The second kappa shape index (κ2) is 18.2. The third-order valence-electron chi connectivity index (χ3n) is 12.9. The van der Waals surface area contributed by atoms with Crippen LogP contribution < -0.4 is 0 Å². The van der Waals surface area contributed by atoms with Gasteiger partial charge in [0.2, 0.25) is 0 Å². The van der Waals surface area contributed by atoms with Crippen LogP contribution in [0.4, 0.5) is 5.69 Å². The first-order valence-electron chi connectivity index (χ1n) is 23.3. The van der Waals surface area contributed by atoms with Crippen molar-refractivity contribution >= 4 is 27.5 Å². The Hall–Kier alpha value is -10.1. The van der Waals surface area contributed by atoms with Crippen molar-refractivity contribution in [3.8, 4) is 102 Å². The topological polar surface area (TPSA) is 84.6 Å². The maximum atomic E-state index is 10.3. The molecular formula is C64H39N7. The highest BCUT2D eigenvalue weighted by Crippen LogP contribution is 2.43. The van der Waals surface area contributed by atoms with Crippen molar-refractivity contribution in [2.75, 3.05) is 0 Å². The molecule has 0 amide bonds. The number of aromatic nitrogens is 5. The standard InChI is InChI=1S/C64H39N7/c1-66-55-29-17-16-28-51(55)47-31-34-53-52-33-30-46(50-27-15-14-26-49(50)41-65)37-61(52)71(62(53)38-47)60-35-32-48(58-39-56(42-18-6-2-7-19-42)67-63(69-58)44-22-10-4-11-23-44)36-54(60)59-40-57(43-20-8-3-9-21-43)68-64(70-59)45-24-12-5-13-25-45/h2-40H. The summed E-state index contributed by atoms with van der Waals surface area (Å²) in [5.41, 5.74) is 16.0. The molecule has 0 saturated carbocycles. The zero-order chi connectivity index (χ0) is 47.7. The molecule has 0 bridgehead atoms. The highest BCUT2D eigenvalue weighted by Gasteiger charge is 2.22. The Labute approximate surface area is 410 Å². The fraction of sp³-hybridized carbons (Fsp3) is 0. The number of rotatable bonds is 9. The molecule has 7 heteroatoms. The van der Waals surface area contributed by atoms with Gasteiger partial charge in [-0.15, -0.1) is 0 Å². The SMILES string of the molecule is [C-]#[N+]c1ccccc1-c1ccc2c3ccc(-c4ccccc4C#N)cc3n(-c3ccc(-c4cc(-c5ccccc5)nc(-c5ccccc5)n4)cc3-c3cc(-c4ccccc4)nc(-c4ccccc4)n3)c2c1. The number of nitriles is 1. The van der Waals surface area contributed by atoms with Crippen LogP contribution in [0.25, 0.3) is 122 Å². The number of hydrogen-bond acceptors (Lipinski definition) is 5. The number of nitrogens with zero attached hydrogens (tertiary/aromatic N) is 7. The van der Waals surface area contributed by atoms with Crippen molar-refractivity contribution in [2.45, 2.75) is 0 Å². The molecule has 0 unspecified atom stereocenters. The van der Waals surface area contributed by atoms with Gasteiger partial charge in [-0.05, 0) is 64.7 Å². The molecule has 3 heterocycles. The lowest BCUT2D eigenvalue weighted by Gasteiger charge is -2.18. The lowest BCUT2D eigenvalue weighted by molar-refractivity contribution is 1.15. The maximum absolute atomic E-state index is 10.3. The molecule has 0 aliphatic carbocycles. The van der Waals surface area contributed by atoms with E-state index in [9.17, 15) is 5.26 Å². The Balaban J connectivity index is 1.19. The average Bonchev–Trinajstić information content (AvgIpc) is 3.78. The van der Waals surface area contributed by atoms with Crippen LogP contribution in [0.5, 0.6) is 0 Å². The van der Waals surface area contributed by atoms with Crippen molar-refractivity contribution in [1.82, 2.24) is 24.5 Å². The third kappa shape index (κ3) is 7.96. The summed E-state index contributed by atoms with van der Waals surface area (Å²) in [7, 11) is 0. The van der Waals surface area contributed by atoms with E-state index in [1.54, 1.807) is 0 Å². The van der Waals surface area contributed by atoms with E-state index < -0.39 is 0 Å². The lowest BCUT2D eigenvalue weighted by atomic mass is 9.98. The molecule has 0 aliphatic rings. The van der Waals surface area contributed by atoms with E-state index in [4.69, 9.17) is 26.5 Å². The summed E-state index contributed by atoms with van der Waals surface area (Å²) < 4.78 is 2.31. The number of hydrogen-bond donors (Lipinski definition) is 0. The minimum Gasteiger partial charge on any atom is -0.309 e. The minimum atomic E-state index is 0.576. The van der Waals surface area contributed by atoms with Gasteiger partial charge < -0.3 is 4.57 Å². The summed E-state index contributed by atoms with van der Waals surface area (Å²) in [6.07, 6.45) is 0. The van der Waals surface area contributed by atoms with Crippen LogP contribution >= 0.6 is 0 Å². The Morgan fingerprint density at radius 1 is 0.366 bits per heavy atom. The molecule has 330 valence electrons. The largest absolute Gasteiger partial charge is 0.309 e. The summed E-state index contributed by atoms with van der Waals surface area (Å²) in [5, 5.41) is 12.3. The molecule has 0 N–H and O–H groups in total. The smallest absolute Gasteiger partial charge is 0.194 e. The summed E-state index contributed by atoms with van der Waals surface area (Å²) >= 11 is 0. The van der Waals surface area contributed by atoms with Crippen LogP contribution in [0.15, 0.2) is 237 Å². The monoisotopic (exact) mass is 905 g/mol. The summed E-state index contributed by atoms with van der Waals surface area (Å²) in [6.45, 7) is 8.07. The molecular weight excluding hydrogens is 867 g/mol. The van der Waals surface area contributed by atoms with Gasteiger partial charge in [-0.1, -0.05) is 194 Å². The minimum absolute atomic E-state index is 0.576. The zero-order valence-electron chi connectivity index (χ0n) is 38.1. The van der Waals surface area contributed by atoms with Crippen molar-refractivity contribution in [1.29, 1.82) is 5.26 Å². The maximum Gasteiger partial charge on any atom is 0.194 e. The Bertz CT molecular complexity index is 3830. The predicted octanol–water partition coefficient (Wildman–Crippen LogP) is 16.1. The van der Waals surface area contributed by atoms with Gasteiger partial charge in [-0.2, -0.15) is 5.26 Å². The van der Waals surface area contributed by atoms with Crippen LogP contribution in [0.2, 0.25) is 0 Å². The van der Waals surface area contributed by atoms with Gasteiger partial charge in [0.15, 0.2) is 17.3 Å². The first kappa shape index (κ1) is 42.3. The van der Waals surface area contributed by atoms with E-state index in [0.717, 1.165) is 100 Å². The van der Waals surface area contributed by atoms with Gasteiger partial charge in [0.25, 0.3) is 0 Å². The molecule has 9 aromatic carbocycles. The third-order valence-corrected chi connectivity index (χ3v) is 12.9. The molecule has 0 aliphatic heterocycles. The highest BCUT2D eigenvalue weighted by atomic mass is 15.0. The van der Waals surface area contributed by atoms with Gasteiger partial charge in [0, 0.05) is 44.2 Å². The Kier molecular flexibility index (Phi) is 10.8. The van der Waals surface area contributed by atoms with E-state index in [1.807, 2.05) is 146 Å². The van der Waals surface area contributed by atoms with E-state index in [-0.39, 0.29) is 0 Å². The lowest BCUT2D eigenvalue weighted by Crippen LogP contribution is -2.02. The number of fused-ring (bicyclic) bond motifs is 3. The summed E-state index contributed by atoms with van der Waals surface area (Å²) in [4.78, 5) is 24.9. The van der Waals surface area contributed by atoms with Gasteiger partial charge >= 0.3 is 0 Å². The Morgan fingerprint density at radius 2 is 0.803 bits per heavy atom. The van der Waals surface area contributed by atoms with Crippen LogP contribution in [0, 0.1) is 17.9 Å². The molecule has 0 atom stereocenters. The second-order valence-electron chi connectivity index (χ2n) is 17.2. The van der Waals surface area contributed by atoms with E-state index >= 15 is 0 Å². The molecule has 7 nitrogen and oxygen atoms in total. The molecule has 12 rings (SSSR count). The van der Waals surface area contributed by atoms with Crippen molar-refractivity contribution in [3.63, 3.8) is 0 Å². The summed E-state index contributed by atoms with van der Waals surface area (Å²) in [5.74, 6) is 1.21. The van der Waals surface area contributed by atoms with Crippen LogP contribution in [-0.2, 0) is 0 Å². The normalized spacial score (nSPS) is 11.1. The fourth-order valence-corrected chi connectivity index (χ4v) is 9.48. The number of benzene rings is 9. The molecule has 12 aromatic rings. The van der Waals surface area contributed by atoms with E-state index in [1.165, 1.54) is 0 Å². The number of para-hydroxylation sites is 1. The van der Waals surface area contributed by atoms with Gasteiger partial charge in [0.1, 0.15) is 0 Å². The van der Waals surface area contributed by atoms with Crippen molar-refractivity contribution in [2.24, 2.45) is 0 Å². The highest BCUT2D eigenvalue weighted by molar-refractivity contribution is 6.12. The summed E-state index contributed by atoms with van der Waals surface area (Å²) in [6, 6.07) is 82.0. The molecule has 0 spiro atoms. The fourth-order valence-electron chi connectivity index (χ4n) is 9.48. The quantitative estimate of drug-likeness (QED) is 0.135. The molecule has 3 aromatic heterocycles. The van der Waals surface area contributed by atoms with Gasteiger partial charge in [0.05, 0.1) is 57.7 Å². The van der Waals surface area contributed by atoms with E-state index in [2.05, 4.69) is 106 Å². The Morgan fingerprint density at radius 3 is 1.35 bits per heavy atom. The first-order valence-corrected chi connectivity index (χ1v) is 23.3. The van der Waals surface area contributed by atoms with Gasteiger partial charge in [-0.3, -0.25) is 0 Å².